The van der Waals surface area contributed by atoms with E-state index in [-0.39, 0.29) is 5.92 Å². The number of benzene rings is 2. The van der Waals surface area contributed by atoms with Crippen LogP contribution in [0.1, 0.15) is 25.0 Å². The Balaban J connectivity index is 2.22. The molecule has 1 unspecified atom stereocenters. The molecule has 2 nitrogen and oxygen atoms in total. The number of ether oxygens (including phenoxy) is 1. The number of hydrogen-bond acceptors (Lipinski definition) is 2. The van der Waals surface area contributed by atoms with E-state index in [4.69, 9.17) is 10.5 Å². The van der Waals surface area contributed by atoms with Gasteiger partial charge >= 0.3 is 0 Å². The maximum atomic E-state index is 6.46. The molecule has 0 aliphatic carbocycles. The van der Waals surface area contributed by atoms with Crippen LogP contribution in [-0.2, 0) is 10.3 Å². The molecule has 0 saturated heterocycles. The Bertz CT molecular complexity index is 586. The highest BCUT2D eigenvalue weighted by Gasteiger charge is 2.50. The Morgan fingerprint density at radius 2 is 1.38 bits per heavy atom. The zero-order valence-corrected chi connectivity index (χ0v) is 12.5. The minimum atomic E-state index is -0.555. The highest BCUT2D eigenvalue weighted by molar-refractivity contribution is 5.41. The van der Waals surface area contributed by atoms with Crippen molar-refractivity contribution in [2.24, 2.45) is 11.7 Å². The lowest BCUT2D eigenvalue weighted by Gasteiger charge is -2.41. The van der Waals surface area contributed by atoms with Crippen molar-refractivity contribution < 1.29 is 4.74 Å². The first-order valence-electron chi connectivity index (χ1n) is 7.29. The van der Waals surface area contributed by atoms with Gasteiger partial charge < -0.3 is 10.5 Å². The standard InChI is InChI=1S/C19H21NO/c1-18(2,20)17-13-14-21-19(17,15-9-5-3-6-10-15)16-11-7-4-8-12-16/h3-14,17H,20H2,1-2H3. The van der Waals surface area contributed by atoms with Crippen molar-refractivity contribution in [2.75, 3.05) is 0 Å². The van der Waals surface area contributed by atoms with E-state index in [0.29, 0.717) is 0 Å². The summed E-state index contributed by atoms with van der Waals surface area (Å²) in [5.41, 5.74) is 7.77. The molecule has 2 aromatic rings. The van der Waals surface area contributed by atoms with Crippen LogP contribution in [0, 0.1) is 5.92 Å². The second-order valence-corrected chi connectivity index (χ2v) is 6.21. The topological polar surface area (TPSA) is 35.2 Å². The SMILES string of the molecule is CC(C)(N)C1C=COC1(c1ccccc1)c1ccccc1. The molecule has 1 aliphatic rings. The van der Waals surface area contributed by atoms with Gasteiger partial charge in [-0.3, -0.25) is 0 Å². The Morgan fingerprint density at radius 3 is 1.81 bits per heavy atom. The van der Waals surface area contributed by atoms with E-state index in [1.54, 1.807) is 6.26 Å². The van der Waals surface area contributed by atoms with Gasteiger partial charge in [0, 0.05) is 22.6 Å². The average Bonchev–Trinajstić information content (AvgIpc) is 2.95. The van der Waals surface area contributed by atoms with Gasteiger partial charge in [0.05, 0.1) is 6.26 Å². The average molecular weight is 279 g/mol. The second-order valence-electron chi connectivity index (χ2n) is 6.21. The first-order valence-corrected chi connectivity index (χ1v) is 7.29. The molecule has 2 N–H and O–H groups in total. The second kappa shape index (κ2) is 5.05. The molecule has 1 aliphatic heterocycles. The highest BCUT2D eigenvalue weighted by Crippen LogP contribution is 2.48. The zero-order chi connectivity index (χ0) is 14.9. The Kier molecular flexibility index (Phi) is 3.34. The predicted octanol–water partition coefficient (Wildman–Crippen LogP) is 3.83. The summed E-state index contributed by atoms with van der Waals surface area (Å²) in [5, 5.41) is 0. The lowest BCUT2D eigenvalue weighted by Crippen LogP contribution is -2.50. The van der Waals surface area contributed by atoms with Crippen molar-refractivity contribution in [2.45, 2.75) is 25.0 Å². The lowest BCUT2D eigenvalue weighted by molar-refractivity contribution is 0.0218. The van der Waals surface area contributed by atoms with E-state index < -0.39 is 11.1 Å². The third kappa shape index (κ3) is 2.26. The van der Waals surface area contributed by atoms with E-state index in [1.807, 2.05) is 36.4 Å². The van der Waals surface area contributed by atoms with Crippen LogP contribution in [0.15, 0.2) is 73.0 Å². The largest absolute Gasteiger partial charge is 0.485 e. The molecule has 1 atom stereocenters. The number of nitrogens with two attached hydrogens (primary N) is 1. The fraction of sp³-hybridized carbons (Fsp3) is 0.263. The quantitative estimate of drug-likeness (QED) is 0.926. The molecule has 0 amide bonds. The van der Waals surface area contributed by atoms with Crippen LogP contribution in [-0.4, -0.2) is 5.54 Å². The van der Waals surface area contributed by atoms with E-state index in [0.717, 1.165) is 11.1 Å². The van der Waals surface area contributed by atoms with Crippen LogP contribution in [0.3, 0.4) is 0 Å². The summed E-state index contributed by atoms with van der Waals surface area (Å²) in [6.07, 6.45) is 3.87. The molecular weight excluding hydrogens is 258 g/mol. The van der Waals surface area contributed by atoms with E-state index in [2.05, 4.69) is 44.2 Å². The van der Waals surface area contributed by atoms with E-state index in [1.165, 1.54) is 0 Å². The summed E-state index contributed by atoms with van der Waals surface area (Å²) in [5.74, 6) is 0.0646. The Morgan fingerprint density at radius 1 is 0.905 bits per heavy atom. The minimum Gasteiger partial charge on any atom is -0.485 e. The van der Waals surface area contributed by atoms with Gasteiger partial charge in [-0.05, 0) is 19.9 Å². The van der Waals surface area contributed by atoms with Crippen LogP contribution in [0.2, 0.25) is 0 Å². The highest BCUT2D eigenvalue weighted by atomic mass is 16.5. The van der Waals surface area contributed by atoms with Crippen molar-refractivity contribution in [1.82, 2.24) is 0 Å². The molecule has 2 aromatic carbocycles. The van der Waals surface area contributed by atoms with Gasteiger partial charge in [-0.25, -0.2) is 0 Å². The molecule has 21 heavy (non-hydrogen) atoms. The summed E-state index contributed by atoms with van der Waals surface area (Å²) in [4.78, 5) is 0. The van der Waals surface area contributed by atoms with Crippen LogP contribution < -0.4 is 5.73 Å². The molecule has 0 aromatic heterocycles. The summed E-state index contributed by atoms with van der Waals surface area (Å²) in [6.45, 7) is 4.11. The maximum absolute atomic E-state index is 6.46. The van der Waals surface area contributed by atoms with E-state index in [9.17, 15) is 0 Å². The lowest BCUT2D eigenvalue weighted by atomic mass is 9.69. The minimum absolute atomic E-state index is 0.0646. The van der Waals surface area contributed by atoms with Crippen LogP contribution in [0.4, 0.5) is 0 Å². The molecule has 0 saturated carbocycles. The smallest absolute Gasteiger partial charge is 0.166 e. The molecule has 3 rings (SSSR count). The summed E-state index contributed by atoms with van der Waals surface area (Å²) in [6, 6.07) is 20.7. The van der Waals surface area contributed by atoms with Crippen molar-refractivity contribution >= 4 is 0 Å². The van der Waals surface area contributed by atoms with Crippen LogP contribution in [0.25, 0.3) is 0 Å². The molecule has 108 valence electrons. The summed E-state index contributed by atoms with van der Waals surface area (Å²) >= 11 is 0. The van der Waals surface area contributed by atoms with Gasteiger partial charge in [0.2, 0.25) is 0 Å². The third-order valence-corrected chi connectivity index (χ3v) is 4.17. The Hall–Kier alpha value is -2.06. The molecule has 0 bridgehead atoms. The number of hydrogen-bond donors (Lipinski definition) is 1. The molecule has 1 heterocycles. The van der Waals surface area contributed by atoms with Crippen molar-refractivity contribution in [1.29, 1.82) is 0 Å². The summed E-state index contributed by atoms with van der Waals surface area (Å²) in [7, 11) is 0. The van der Waals surface area contributed by atoms with Gasteiger partial charge in [-0.2, -0.15) is 0 Å². The summed E-state index contributed by atoms with van der Waals surface area (Å²) < 4.78 is 6.19. The van der Waals surface area contributed by atoms with Crippen molar-refractivity contribution in [3.8, 4) is 0 Å². The molecule has 0 radical (unpaired) electrons. The maximum Gasteiger partial charge on any atom is 0.166 e. The zero-order valence-electron chi connectivity index (χ0n) is 12.5. The molecule has 0 spiro atoms. The van der Waals surface area contributed by atoms with Crippen molar-refractivity contribution in [3.05, 3.63) is 84.1 Å². The molecule has 0 fully saturated rings. The van der Waals surface area contributed by atoms with Gasteiger partial charge in [-0.15, -0.1) is 0 Å². The monoisotopic (exact) mass is 279 g/mol. The van der Waals surface area contributed by atoms with Crippen molar-refractivity contribution in [3.63, 3.8) is 0 Å². The first-order chi connectivity index (χ1) is 10.0. The van der Waals surface area contributed by atoms with Gasteiger partial charge in [-0.1, -0.05) is 60.7 Å². The van der Waals surface area contributed by atoms with Crippen LogP contribution >= 0.6 is 0 Å². The molecule has 2 heteroatoms. The Labute approximate surface area is 126 Å². The first kappa shape index (κ1) is 13.9. The normalized spacial score (nSPS) is 20.2. The van der Waals surface area contributed by atoms with Crippen LogP contribution in [0.5, 0.6) is 0 Å². The van der Waals surface area contributed by atoms with E-state index >= 15 is 0 Å². The third-order valence-electron chi connectivity index (χ3n) is 4.17. The van der Waals surface area contributed by atoms with Gasteiger partial charge in [0.25, 0.3) is 0 Å². The van der Waals surface area contributed by atoms with Gasteiger partial charge in [0.15, 0.2) is 5.60 Å². The fourth-order valence-corrected chi connectivity index (χ4v) is 3.24. The van der Waals surface area contributed by atoms with Gasteiger partial charge in [0.1, 0.15) is 0 Å². The number of rotatable bonds is 3. The predicted molar refractivity (Wildman–Crippen MR) is 85.6 cm³/mol. The fourth-order valence-electron chi connectivity index (χ4n) is 3.24. The molecular formula is C19H21NO.